The highest BCUT2D eigenvalue weighted by molar-refractivity contribution is 6.46. The maximum Gasteiger partial charge on any atom is 0.282 e. The second-order valence-electron chi connectivity index (χ2n) is 7.53. The van der Waals surface area contributed by atoms with Crippen LogP contribution in [0.1, 0.15) is 25.0 Å². The number of benzene rings is 3. The van der Waals surface area contributed by atoms with Crippen LogP contribution in [0.4, 0.5) is 11.4 Å². The molecule has 168 valence electrons. The molecule has 33 heavy (non-hydrogen) atoms. The van der Waals surface area contributed by atoms with Crippen molar-refractivity contribution >= 4 is 28.8 Å². The lowest BCUT2D eigenvalue weighted by molar-refractivity contribution is -0.120. The number of methoxy groups -OCH3 is 1. The minimum Gasteiger partial charge on any atom is -0.497 e. The number of aryl methyl sites for hydroxylation is 1. The van der Waals surface area contributed by atoms with E-state index in [1.807, 2.05) is 31.2 Å². The number of anilines is 2. The van der Waals surface area contributed by atoms with E-state index >= 15 is 0 Å². The number of ether oxygens (including phenoxy) is 2. The lowest BCUT2D eigenvalue weighted by atomic mass is 10.0. The van der Waals surface area contributed by atoms with Crippen molar-refractivity contribution in [3.8, 4) is 11.5 Å². The molecular weight excluding hydrogens is 416 g/mol. The Morgan fingerprint density at radius 3 is 2.00 bits per heavy atom. The Bertz CT molecular complexity index is 1180. The predicted molar refractivity (Wildman–Crippen MR) is 129 cm³/mol. The first-order valence-electron chi connectivity index (χ1n) is 10.9. The second kappa shape index (κ2) is 9.61. The average molecular weight is 443 g/mol. The van der Waals surface area contributed by atoms with Gasteiger partial charge in [-0.15, -0.1) is 0 Å². The summed E-state index contributed by atoms with van der Waals surface area (Å²) in [5.74, 6) is 0.554. The molecule has 0 spiro atoms. The largest absolute Gasteiger partial charge is 0.497 e. The summed E-state index contributed by atoms with van der Waals surface area (Å²) in [4.78, 5) is 28.2. The minimum absolute atomic E-state index is 0.239. The number of hydrogen-bond donors (Lipinski definition) is 1. The van der Waals surface area contributed by atoms with E-state index < -0.39 is 5.91 Å². The smallest absolute Gasteiger partial charge is 0.282 e. The van der Waals surface area contributed by atoms with Gasteiger partial charge >= 0.3 is 0 Å². The van der Waals surface area contributed by atoms with Crippen LogP contribution in [0.15, 0.2) is 78.5 Å². The van der Waals surface area contributed by atoms with Gasteiger partial charge in [0.1, 0.15) is 17.2 Å². The van der Waals surface area contributed by atoms with Gasteiger partial charge in [0.2, 0.25) is 0 Å². The van der Waals surface area contributed by atoms with Crippen LogP contribution in [0, 0.1) is 0 Å². The van der Waals surface area contributed by atoms with Gasteiger partial charge < -0.3 is 14.8 Å². The van der Waals surface area contributed by atoms with Gasteiger partial charge in [-0.3, -0.25) is 9.59 Å². The topological polar surface area (TPSA) is 67.9 Å². The zero-order valence-electron chi connectivity index (χ0n) is 18.9. The summed E-state index contributed by atoms with van der Waals surface area (Å²) in [5, 5.41) is 3.19. The summed E-state index contributed by atoms with van der Waals surface area (Å²) >= 11 is 0. The number of nitrogens with zero attached hydrogens (tertiary/aromatic N) is 1. The Kier molecular flexibility index (Phi) is 6.45. The van der Waals surface area contributed by atoms with Crippen LogP contribution in [0.25, 0.3) is 5.57 Å². The Morgan fingerprint density at radius 1 is 0.788 bits per heavy atom. The molecule has 2 amide bonds. The van der Waals surface area contributed by atoms with E-state index in [0.29, 0.717) is 34.9 Å². The highest BCUT2D eigenvalue weighted by Crippen LogP contribution is 2.35. The third kappa shape index (κ3) is 4.46. The number of carbonyl (C=O) groups excluding carboxylic acids is 2. The molecule has 0 radical (unpaired) electrons. The van der Waals surface area contributed by atoms with Gasteiger partial charge in [0.05, 0.1) is 25.0 Å². The molecule has 3 aromatic rings. The van der Waals surface area contributed by atoms with Crippen LogP contribution in [0.2, 0.25) is 0 Å². The van der Waals surface area contributed by atoms with Crippen LogP contribution in [-0.2, 0) is 16.0 Å². The third-order valence-corrected chi connectivity index (χ3v) is 5.50. The first-order valence-corrected chi connectivity index (χ1v) is 10.9. The van der Waals surface area contributed by atoms with Gasteiger partial charge in [-0.05, 0) is 73.0 Å². The second-order valence-corrected chi connectivity index (χ2v) is 7.53. The molecule has 0 bridgehead atoms. The zero-order valence-corrected chi connectivity index (χ0v) is 18.9. The molecule has 6 nitrogen and oxygen atoms in total. The molecule has 0 aliphatic carbocycles. The van der Waals surface area contributed by atoms with Crippen LogP contribution in [0.5, 0.6) is 11.5 Å². The third-order valence-electron chi connectivity index (χ3n) is 5.50. The van der Waals surface area contributed by atoms with Crippen LogP contribution < -0.4 is 19.7 Å². The summed E-state index contributed by atoms with van der Waals surface area (Å²) < 4.78 is 10.7. The summed E-state index contributed by atoms with van der Waals surface area (Å²) in [6.07, 6.45) is 0.920. The number of hydrogen-bond acceptors (Lipinski definition) is 5. The van der Waals surface area contributed by atoms with Crippen LogP contribution in [-0.4, -0.2) is 25.5 Å². The van der Waals surface area contributed by atoms with Gasteiger partial charge in [0.15, 0.2) is 0 Å². The first-order chi connectivity index (χ1) is 16.0. The zero-order chi connectivity index (χ0) is 23.4. The number of carbonyl (C=O) groups is 2. The molecular formula is C27H26N2O4. The lowest BCUT2D eigenvalue weighted by Crippen LogP contribution is -2.32. The molecule has 1 N–H and O–H groups in total. The summed E-state index contributed by atoms with van der Waals surface area (Å²) in [5.41, 5.74) is 3.60. The minimum atomic E-state index is -0.408. The van der Waals surface area contributed by atoms with E-state index in [1.54, 1.807) is 55.6 Å². The Hall–Kier alpha value is -4.06. The lowest BCUT2D eigenvalue weighted by Gasteiger charge is -2.16. The van der Waals surface area contributed by atoms with Crippen molar-refractivity contribution in [1.82, 2.24) is 0 Å². The van der Waals surface area contributed by atoms with Crippen molar-refractivity contribution in [3.63, 3.8) is 0 Å². The molecule has 1 heterocycles. The molecule has 0 unspecified atom stereocenters. The van der Waals surface area contributed by atoms with Crippen molar-refractivity contribution in [2.75, 3.05) is 23.9 Å². The standard InChI is InChI=1S/C27H26N2O4/c1-4-18-6-10-20(11-7-18)28-25-24(19-8-14-22(32-3)15-9-19)26(30)29(27(25)31)21-12-16-23(17-13-21)33-5-2/h6-17,28H,4-5H2,1-3H3. The van der Waals surface area contributed by atoms with E-state index in [2.05, 4.69) is 12.2 Å². The predicted octanol–water partition coefficient (Wildman–Crippen LogP) is 5.05. The molecule has 1 aliphatic heterocycles. The number of nitrogens with one attached hydrogen (secondary N) is 1. The van der Waals surface area contributed by atoms with Crippen molar-refractivity contribution < 1.29 is 19.1 Å². The monoisotopic (exact) mass is 442 g/mol. The van der Waals surface area contributed by atoms with E-state index in [0.717, 1.165) is 12.1 Å². The molecule has 3 aromatic carbocycles. The molecule has 0 atom stereocenters. The molecule has 1 aliphatic rings. The average Bonchev–Trinajstić information content (AvgIpc) is 3.09. The summed E-state index contributed by atoms with van der Waals surface area (Å²) in [6.45, 7) is 4.52. The molecule has 6 heteroatoms. The molecule has 0 saturated carbocycles. The van der Waals surface area contributed by atoms with E-state index in [1.165, 1.54) is 10.5 Å². The van der Waals surface area contributed by atoms with Crippen molar-refractivity contribution in [3.05, 3.63) is 89.6 Å². The first kappa shape index (κ1) is 22.1. The Balaban J connectivity index is 1.74. The fraction of sp³-hybridized carbons (Fsp3) is 0.185. The maximum absolute atomic E-state index is 13.5. The highest BCUT2D eigenvalue weighted by Gasteiger charge is 2.40. The molecule has 4 rings (SSSR count). The van der Waals surface area contributed by atoms with Gasteiger partial charge in [-0.2, -0.15) is 0 Å². The highest BCUT2D eigenvalue weighted by atomic mass is 16.5. The Morgan fingerprint density at radius 2 is 1.42 bits per heavy atom. The SMILES string of the molecule is CCOc1ccc(N2C(=O)C(Nc3ccc(CC)cc3)=C(c3ccc(OC)cc3)C2=O)cc1. The number of rotatable bonds is 8. The van der Waals surface area contributed by atoms with Crippen molar-refractivity contribution in [2.45, 2.75) is 20.3 Å². The van der Waals surface area contributed by atoms with Gasteiger partial charge in [0.25, 0.3) is 11.8 Å². The quantitative estimate of drug-likeness (QED) is 0.494. The molecule has 0 fully saturated rings. The molecule has 0 aromatic heterocycles. The van der Waals surface area contributed by atoms with E-state index in [4.69, 9.17) is 9.47 Å². The van der Waals surface area contributed by atoms with Crippen LogP contribution >= 0.6 is 0 Å². The maximum atomic E-state index is 13.5. The molecule has 0 saturated heterocycles. The fourth-order valence-electron chi connectivity index (χ4n) is 3.73. The van der Waals surface area contributed by atoms with Gasteiger partial charge in [0, 0.05) is 5.69 Å². The summed E-state index contributed by atoms with van der Waals surface area (Å²) in [7, 11) is 1.58. The number of imide groups is 1. The van der Waals surface area contributed by atoms with Crippen LogP contribution in [0.3, 0.4) is 0 Å². The summed E-state index contributed by atoms with van der Waals surface area (Å²) in [6, 6.07) is 21.9. The fourth-order valence-corrected chi connectivity index (χ4v) is 3.73. The van der Waals surface area contributed by atoms with E-state index in [-0.39, 0.29) is 11.6 Å². The van der Waals surface area contributed by atoms with Crippen molar-refractivity contribution in [1.29, 1.82) is 0 Å². The number of amides is 2. The van der Waals surface area contributed by atoms with Gasteiger partial charge in [-0.1, -0.05) is 31.2 Å². The van der Waals surface area contributed by atoms with Crippen molar-refractivity contribution in [2.24, 2.45) is 0 Å². The Labute approximate surface area is 193 Å². The normalized spacial score (nSPS) is 13.5. The van der Waals surface area contributed by atoms with Gasteiger partial charge in [-0.25, -0.2) is 4.90 Å². The van der Waals surface area contributed by atoms with E-state index in [9.17, 15) is 9.59 Å².